The van der Waals surface area contributed by atoms with Gasteiger partial charge in [-0.1, -0.05) is 17.7 Å². The van der Waals surface area contributed by atoms with E-state index in [1.54, 1.807) is 30.3 Å². The van der Waals surface area contributed by atoms with Gasteiger partial charge in [0.15, 0.2) is 11.7 Å². The first-order valence-electron chi connectivity index (χ1n) is 6.89. The summed E-state index contributed by atoms with van der Waals surface area (Å²) in [5, 5.41) is 0.646. The van der Waals surface area contributed by atoms with E-state index in [1.165, 1.54) is 14.2 Å². The molecule has 23 heavy (non-hydrogen) atoms. The molecule has 0 spiro atoms. The van der Waals surface area contributed by atoms with Crippen LogP contribution in [0.25, 0.3) is 22.6 Å². The second kappa shape index (κ2) is 6.40. The largest absolute Gasteiger partial charge is 0.467 e. The van der Waals surface area contributed by atoms with Gasteiger partial charge in [-0.3, -0.25) is 0 Å². The van der Waals surface area contributed by atoms with Crippen molar-refractivity contribution in [2.75, 3.05) is 14.2 Å². The quantitative estimate of drug-likeness (QED) is 0.676. The molecular weight excluding hydrogens is 318 g/mol. The Labute approximate surface area is 137 Å². The van der Waals surface area contributed by atoms with Crippen LogP contribution < -0.4 is 0 Å². The van der Waals surface area contributed by atoms with Crippen LogP contribution in [0, 0.1) is 0 Å². The van der Waals surface area contributed by atoms with Crippen molar-refractivity contribution >= 4 is 28.7 Å². The lowest BCUT2D eigenvalue weighted by molar-refractivity contribution is -0.152. The van der Waals surface area contributed by atoms with Crippen LogP contribution in [0.2, 0.25) is 5.02 Å². The van der Waals surface area contributed by atoms with Crippen molar-refractivity contribution in [3.63, 3.8) is 0 Å². The zero-order chi connectivity index (χ0) is 16.4. The van der Waals surface area contributed by atoms with Gasteiger partial charge in [-0.25, -0.2) is 9.78 Å². The van der Waals surface area contributed by atoms with Crippen molar-refractivity contribution in [2.45, 2.75) is 6.10 Å². The predicted octanol–water partition coefficient (Wildman–Crippen LogP) is 4.01. The van der Waals surface area contributed by atoms with Gasteiger partial charge >= 0.3 is 5.97 Å². The molecule has 118 valence electrons. The van der Waals surface area contributed by atoms with E-state index in [4.69, 9.17) is 25.5 Å². The van der Waals surface area contributed by atoms with Crippen molar-refractivity contribution in [3.8, 4) is 11.5 Å². The summed E-state index contributed by atoms with van der Waals surface area (Å²) in [6, 6.07) is 12.5. The minimum atomic E-state index is -0.798. The number of carbonyl (C=O) groups is 1. The molecule has 3 rings (SSSR count). The molecule has 5 nitrogen and oxygen atoms in total. The Hall–Kier alpha value is -2.37. The molecule has 1 heterocycles. The Morgan fingerprint density at radius 3 is 2.57 bits per heavy atom. The molecule has 6 heteroatoms. The summed E-state index contributed by atoms with van der Waals surface area (Å²) >= 11 is 5.88. The lowest BCUT2D eigenvalue weighted by Gasteiger charge is -2.12. The number of aromatic nitrogens is 1. The lowest BCUT2D eigenvalue weighted by atomic mass is 10.1. The van der Waals surface area contributed by atoms with Crippen LogP contribution in [0.15, 0.2) is 46.9 Å². The number of hydrogen-bond donors (Lipinski definition) is 0. The van der Waals surface area contributed by atoms with Crippen LogP contribution in [0.1, 0.15) is 11.7 Å². The van der Waals surface area contributed by atoms with Crippen molar-refractivity contribution in [2.24, 2.45) is 0 Å². The van der Waals surface area contributed by atoms with E-state index in [1.807, 2.05) is 12.1 Å². The molecule has 0 amide bonds. The molecule has 3 aromatic rings. The van der Waals surface area contributed by atoms with E-state index in [0.29, 0.717) is 27.6 Å². The molecule has 0 aliphatic carbocycles. The molecule has 0 fully saturated rings. The lowest BCUT2D eigenvalue weighted by Crippen LogP contribution is -2.15. The van der Waals surface area contributed by atoms with E-state index < -0.39 is 12.1 Å². The third-order valence-electron chi connectivity index (χ3n) is 3.46. The zero-order valence-electron chi connectivity index (χ0n) is 12.6. The number of halogens is 1. The summed E-state index contributed by atoms with van der Waals surface area (Å²) in [6.45, 7) is 0. The molecule has 0 aliphatic heterocycles. The minimum Gasteiger partial charge on any atom is -0.467 e. The SMILES string of the molecule is COC(=O)C(OC)c1ccc2nc(-c3ccc(Cl)cc3)oc2c1. The fourth-order valence-corrected chi connectivity index (χ4v) is 2.42. The van der Waals surface area contributed by atoms with Gasteiger partial charge in [0.05, 0.1) is 7.11 Å². The first-order valence-corrected chi connectivity index (χ1v) is 7.27. The number of hydrogen-bond acceptors (Lipinski definition) is 5. The summed E-state index contributed by atoms with van der Waals surface area (Å²) in [7, 11) is 2.77. The van der Waals surface area contributed by atoms with Gasteiger partial charge in [-0.05, 0) is 42.0 Å². The Bertz CT molecular complexity index is 841. The number of esters is 1. The van der Waals surface area contributed by atoms with Crippen molar-refractivity contribution in [3.05, 3.63) is 53.1 Å². The van der Waals surface area contributed by atoms with Gasteiger partial charge in [0.25, 0.3) is 0 Å². The van der Waals surface area contributed by atoms with Crippen molar-refractivity contribution < 1.29 is 18.7 Å². The number of carbonyl (C=O) groups excluding carboxylic acids is 1. The van der Waals surface area contributed by atoms with Gasteiger partial charge < -0.3 is 13.9 Å². The maximum atomic E-state index is 11.7. The monoisotopic (exact) mass is 331 g/mol. The molecule has 1 unspecified atom stereocenters. The molecule has 0 N–H and O–H groups in total. The van der Waals surface area contributed by atoms with Crippen LogP contribution in [-0.4, -0.2) is 25.2 Å². The fraction of sp³-hybridized carbons (Fsp3) is 0.176. The number of fused-ring (bicyclic) bond motifs is 1. The van der Waals surface area contributed by atoms with E-state index in [2.05, 4.69) is 4.98 Å². The number of benzene rings is 2. The van der Waals surface area contributed by atoms with Crippen LogP contribution in [0.4, 0.5) is 0 Å². The molecular formula is C17H14ClNO4. The summed E-state index contributed by atoms with van der Waals surface area (Å²) < 4.78 is 15.7. The number of ether oxygens (including phenoxy) is 2. The average molecular weight is 332 g/mol. The minimum absolute atomic E-state index is 0.468. The van der Waals surface area contributed by atoms with E-state index in [9.17, 15) is 4.79 Å². The summed E-state index contributed by atoms with van der Waals surface area (Å²) in [4.78, 5) is 16.2. The first kappa shape index (κ1) is 15.5. The Kier molecular flexibility index (Phi) is 4.32. The Morgan fingerprint density at radius 1 is 1.17 bits per heavy atom. The Balaban J connectivity index is 2.00. The maximum absolute atomic E-state index is 11.7. The van der Waals surface area contributed by atoms with E-state index >= 15 is 0 Å². The highest BCUT2D eigenvalue weighted by molar-refractivity contribution is 6.30. The van der Waals surface area contributed by atoms with Gasteiger partial charge in [-0.15, -0.1) is 0 Å². The number of rotatable bonds is 4. The molecule has 1 atom stereocenters. The molecule has 0 saturated carbocycles. The summed E-state index contributed by atoms with van der Waals surface area (Å²) in [5.74, 6) is 0.0186. The summed E-state index contributed by atoms with van der Waals surface area (Å²) in [5.41, 5.74) is 2.73. The van der Waals surface area contributed by atoms with E-state index in [0.717, 1.165) is 5.56 Å². The molecule has 0 saturated heterocycles. The van der Waals surface area contributed by atoms with Crippen LogP contribution >= 0.6 is 11.6 Å². The van der Waals surface area contributed by atoms with Crippen LogP contribution in [0.3, 0.4) is 0 Å². The number of oxazole rings is 1. The number of nitrogens with zero attached hydrogens (tertiary/aromatic N) is 1. The molecule has 0 bridgehead atoms. The second-order valence-electron chi connectivity index (χ2n) is 4.89. The van der Waals surface area contributed by atoms with Crippen LogP contribution in [0.5, 0.6) is 0 Å². The second-order valence-corrected chi connectivity index (χ2v) is 5.33. The number of methoxy groups -OCH3 is 2. The Morgan fingerprint density at radius 2 is 1.91 bits per heavy atom. The predicted molar refractivity (Wildman–Crippen MR) is 86.2 cm³/mol. The van der Waals surface area contributed by atoms with Crippen molar-refractivity contribution in [1.29, 1.82) is 0 Å². The zero-order valence-corrected chi connectivity index (χ0v) is 13.3. The van der Waals surface area contributed by atoms with E-state index in [-0.39, 0.29) is 0 Å². The molecule has 0 aliphatic rings. The molecule has 0 radical (unpaired) electrons. The van der Waals surface area contributed by atoms with Gasteiger partial charge in [0.2, 0.25) is 5.89 Å². The highest BCUT2D eigenvalue weighted by Crippen LogP contribution is 2.28. The maximum Gasteiger partial charge on any atom is 0.339 e. The first-order chi connectivity index (χ1) is 11.1. The average Bonchev–Trinajstić information content (AvgIpc) is 2.99. The third kappa shape index (κ3) is 3.06. The topological polar surface area (TPSA) is 61.6 Å². The molecule has 1 aromatic heterocycles. The fourth-order valence-electron chi connectivity index (χ4n) is 2.30. The normalized spacial score (nSPS) is 12.3. The highest BCUT2D eigenvalue weighted by Gasteiger charge is 2.22. The van der Waals surface area contributed by atoms with Gasteiger partial charge in [0.1, 0.15) is 5.52 Å². The van der Waals surface area contributed by atoms with Gasteiger partial charge in [0, 0.05) is 17.7 Å². The molecule has 2 aromatic carbocycles. The third-order valence-corrected chi connectivity index (χ3v) is 3.71. The van der Waals surface area contributed by atoms with Crippen molar-refractivity contribution in [1.82, 2.24) is 4.98 Å². The van der Waals surface area contributed by atoms with Gasteiger partial charge in [-0.2, -0.15) is 0 Å². The highest BCUT2D eigenvalue weighted by atomic mass is 35.5. The summed E-state index contributed by atoms with van der Waals surface area (Å²) in [6.07, 6.45) is -0.798. The smallest absolute Gasteiger partial charge is 0.339 e. The standard InChI is InChI=1S/C17H14ClNO4/c1-21-15(17(20)22-2)11-5-8-13-14(9-11)23-16(19-13)10-3-6-12(18)7-4-10/h3-9,15H,1-2H3. The van der Waals surface area contributed by atoms with Crippen LogP contribution in [-0.2, 0) is 14.3 Å².